The molecule has 0 saturated carbocycles. The third-order valence-electron chi connectivity index (χ3n) is 2.04. The van der Waals surface area contributed by atoms with E-state index in [4.69, 9.17) is 10.2 Å². The van der Waals surface area contributed by atoms with E-state index >= 15 is 0 Å². The van der Waals surface area contributed by atoms with Crippen molar-refractivity contribution < 1.29 is 29.9 Å². The van der Waals surface area contributed by atoms with Crippen molar-refractivity contribution in [3.63, 3.8) is 0 Å². The Hall–Kier alpha value is -0.530. The fourth-order valence-electron chi connectivity index (χ4n) is 1.18. The van der Waals surface area contributed by atoms with Crippen molar-refractivity contribution in [2.45, 2.75) is 31.2 Å². The summed E-state index contributed by atoms with van der Waals surface area (Å²) in [6, 6.07) is 0. The Morgan fingerprint density at radius 2 is 2.21 bits per heavy atom. The molecule has 2 unspecified atom stereocenters. The zero-order valence-electron chi connectivity index (χ0n) is 7.63. The molecule has 1 heterocycles. The van der Waals surface area contributed by atoms with Crippen LogP contribution in [-0.4, -0.2) is 52.6 Å². The lowest BCUT2D eigenvalue weighted by Gasteiger charge is -2.23. The molecule has 3 atom stereocenters. The lowest BCUT2D eigenvalue weighted by atomic mass is 10.0. The van der Waals surface area contributed by atoms with Gasteiger partial charge < -0.3 is 15.3 Å². The van der Waals surface area contributed by atoms with Gasteiger partial charge in [0.25, 0.3) is 0 Å². The highest BCUT2D eigenvalue weighted by molar-refractivity contribution is 5.87. The number of hydrogen-bond acceptors (Lipinski definition) is 6. The van der Waals surface area contributed by atoms with Crippen LogP contribution >= 0.6 is 0 Å². The van der Waals surface area contributed by atoms with Gasteiger partial charge in [-0.05, 0) is 12.8 Å². The number of carbonyl (C=O) groups excluding carboxylic acids is 1. The van der Waals surface area contributed by atoms with E-state index in [9.17, 15) is 9.90 Å². The maximum Gasteiger partial charge on any atom is 0.195 e. The van der Waals surface area contributed by atoms with Gasteiger partial charge in [0.2, 0.25) is 0 Å². The van der Waals surface area contributed by atoms with E-state index in [1.807, 2.05) is 0 Å². The molecule has 6 heteroatoms. The number of hydrogen-bond donors (Lipinski definition) is 3. The van der Waals surface area contributed by atoms with Crippen LogP contribution in [0.5, 0.6) is 0 Å². The minimum Gasteiger partial charge on any atom is -0.394 e. The molecule has 0 spiro atoms. The van der Waals surface area contributed by atoms with Gasteiger partial charge in [0, 0.05) is 0 Å². The largest absolute Gasteiger partial charge is 0.394 e. The number of rotatable bonds is 4. The van der Waals surface area contributed by atoms with Gasteiger partial charge in [0.15, 0.2) is 11.9 Å². The van der Waals surface area contributed by atoms with Gasteiger partial charge in [-0.15, -0.1) is 0 Å². The zero-order valence-corrected chi connectivity index (χ0v) is 7.63. The predicted octanol–water partition coefficient (Wildman–Crippen LogP) is -1.62. The maximum atomic E-state index is 11.4. The highest BCUT2D eigenvalue weighted by Gasteiger charge is 2.32. The van der Waals surface area contributed by atoms with Crippen molar-refractivity contribution >= 4 is 5.78 Å². The second-order valence-electron chi connectivity index (χ2n) is 3.15. The molecule has 0 amide bonds. The molecule has 1 saturated heterocycles. The van der Waals surface area contributed by atoms with Gasteiger partial charge in [0.1, 0.15) is 12.2 Å². The summed E-state index contributed by atoms with van der Waals surface area (Å²) >= 11 is 0. The molecule has 0 bridgehead atoms. The molecule has 1 rings (SSSR count). The molecule has 0 aromatic heterocycles. The Balaban J connectivity index is 2.46. The molecule has 14 heavy (non-hydrogen) atoms. The van der Waals surface area contributed by atoms with Crippen molar-refractivity contribution in [3.05, 3.63) is 0 Å². The van der Waals surface area contributed by atoms with Gasteiger partial charge in [0.05, 0.1) is 13.2 Å². The first-order valence-corrected chi connectivity index (χ1v) is 4.45. The average molecular weight is 206 g/mol. The van der Waals surface area contributed by atoms with E-state index in [2.05, 4.69) is 9.78 Å². The fourth-order valence-corrected chi connectivity index (χ4v) is 1.18. The Morgan fingerprint density at radius 1 is 1.50 bits per heavy atom. The molecule has 1 fully saturated rings. The Bertz CT molecular complexity index is 184. The third kappa shape index (κ3) is 2.73. The first kappa shape index (κ1) is 11.5. The summed E-state index contributed by atoms with van der Waals surface area (Å²) in [5.41, 5.74) is 0. The van der Waals surface area contributed by atoms with Crippen molar-refractivity contribution in [2.24, 2.45) is 0 Å². The van der Waals surface area contributed by atoms with E-state index in [-0.39, 0.29) is 0 Å². The summed E-state index contributed by atoms with van der Waals surface area (Å²) in [7, 11) is 0. The summed E-state index contributed by atoms with van der Waals surface area (Å²) in [6.07, 6.45) is -2.81. The number of carbonyl (C=O) groups is 1. The lowest BCUT2D eigenvalue weighted by molar-refractivity contribution is -0.336. The molecular weight excluding hydrogens is 192 g/mol. The molecule has 1 aliphatic heterocycles. The molecule has 82 valence electrons. The fraction of sp³-hybridized carbons (Fsp3) is 0.875. The number of Topliss-reactive ketones (excluding diaryl/α,β-unsaturated/α-hetero) is 1. The Morgan fingerprint density at radius 3 is 2.71 bits per heavy atom. The summed E-state index contributed by atoms with van der Waals surface area (Å²) in [4.78, 5) is 20.6. The van der Waals surface area contributed by atoms with Crippen LogP contribution in [-0.2, 0) is 14.6 Å². The van der Waals surface area contributed by atoms with Gasteiger partial charge in [-0.2, -0.15) is 0 Å². The third-order valence-corrected chi connectivity index (χ3v) is 2.04. The second kappa shape index (κ2) is 5.38. The molecule has 0 aliphatic carbocycles. The molecule has 6 nitrogen and oxygen atoms in total. The van der Waals surface area contributed by atoms with Gasteiger partial charge in [-0.1, -0.05) is 0 Å². The van der Waals surface area contributed by atoms with Gasteiger partial charge >= 0.3 is 0 Å². The monoisotopic (exact) mass is 206 g/mol. The first-order valence-electron chi connectivity index (χ1n) is 4.45. The smallest absolute Gasteiger partial charge is 0.195 e. The normalized spacial score (nSPS) is 26.9. The summed E-state index contributed by atoms with van der Waals surface area (Å²) in [5, 5.41) is 26.8. The maximum absolute atomic E-state index is 11.4. The van der Waals surface area contributed by atoms with Crippen LogP contribution in [0.4, 0.5) is 0 Å². The predicted molar refractivity (Wildman–Crippen MR) is 44.2 cm³/mol. The van der Waals surface area contributed by atoms with E-state index in [0.717, 1.165) is 0 Å². The van der Waals surface area contributed by atoms with Crippen LogP contribution < -0.4 is 0 Å². The molecule has 0 aromatic carbocycles. The van der Waals surface area contributed by atoms with Crippen LogP contribution in [0.3, 0.4) is 0 Å². The van der Waals surface area contributed by atoms with Crippen LogP contribution in [0.15, 0.2) is 0 Å². The SMILES string of the molecule is O=C(C1CCCOO1)C(O)[C@@H](O)CO. The average Bonchev–Trinajstić information content (AvgIpc) is 2.27. The summed E-state index contributed by atoms with van der Waals surface area (Å²) < 4.78 is 0. The first-order chi connectivity index (χ1) is 6.66. The van der Waals surface area contributed by atoms with Crippen molar-refractivity contribution in [1.29, 1.82) is 0 Å². The van der Waals surface area contributed by atoms with Gasteiger partial charge in [-0.3, -0.25) is 4.79 Å². The molecule has 1 aliphatic rings. The number of aliphatic hydroxyl groups is 3. The second-order valence-corrected chi connectivity index (χ2v) is 3.15. The highest BCUT2D eigenvalue weighted by atomic mass is 17.2. The van der Waals surface area contributed by atoms with Crippen LogP contribution in [0.1, 0.15) is 12.8 Å². The number of ketones is 1. The summed E-state index contributed by atoms with van der Waals surface area (Å²) in [6.45, 7) is -0.247. The standard InChI is InChI=1S/C8H14O6/c9-4-5(10)7(11)8(12)6-2-1-3-13-14-6/h5-7,9-11H,1-4H2/t5-,6?,7?/m0/s1. The van der Waals surface area contributed by atoms with Crippen molar-refractivity contribution in [2.75, 3.05) is 13.2 Å². The minimum absolute atomic E-state index is 0.419. The van der Waals surface area contributed by atoms with E-state index in [1.165, 1.54) is 0 Å². The number of aliphatic hydroxyl groups excluding tert-OH is 3. The Kier molecular flexibility index (Phi) is 4.43. The van der Waals surface area contributed by atoms with Crippen molar-refractivity contribution in [1.82, 2.24) is 0 Å². The van der Waals surface area contributed by atoms with Gasteiger partial charge in [-0.25, -0.2) is 9.78 Å². The highest BCUT2D eigenvalue weighted by Crippen LogP contribution is 2.13. The zero-order chi connectivity index (χ0) is 10.6. The van der Waals surface area contributed by atoms with Crippen LogP contribution in [0.25, 0.3) is 0 Å². The Labute approximate surface area is 81.0 Å². The minimum atomic E-state index is -1.62. The van der Waals surface area contributed by atoms with Crippen LogP contribution in [0, 0.1) is 0 Å². The van der Waals surface area contributed by atoms with Crippen LogP contribution in [0.2, 0.25) is 0 Å². The topological polar surface area (TPSA) is 96.2 Å². The molecule has 0 radical (unpaired) electrons. The van der Waals surface area contributed by atoms with E-state index < -0.39 is 30.7 Å². The molecule has 0 aromatic rings. The van der Waals surface area contributed by atoms with E-state index in [0.29, 0.717) is 19.4 Å². The quantitative estimate of drug-likeness (QED) is 0.478. The molecule has 3 N–H and O–H groups in total. The summed E-state index contributed by atoms with van der Waals surface area (Å²) in [5.74, 6) is -0.661. The molecular formula is C8H14O6. The lowest BCUT2D eigenvalue weighted by Crippen LogP contribution is -2.44. The van der Waals surface area contributed by atoms with Crippen molar-refractivity contribution in [3.8, 4) is 0 Å². The van der Waals surface area contributed by atoms with E-state index in [1.54, 1.807) is 0 Å².